The first-order valence-corrected chi connectivity index (χ1v) is 6.18. The minimum Gasteiger partial charge on any atom is -0.381 e. The Bertz CT molecular complexity index is 317. The van der Waals surface area contributed by atoms with Crippen LogP contribution in [0.1, 0.15) is 25.8 Å². The molecule has 0 saturated carbocycles. The molecule has 0 bridgehead atoms. The van der Waals surface area contributed by atoms with Gasteiger partial charge < -0.3 is 15.4 Å². The topological polar surface area (TPSA) is 46.2 Å². The molecular formula is C13H23N3O. The Morgan fingerprint density at radius 2 is 2.29 bits per heavy atom. The molecule has 2 N–H and O–H groups in total. The lowest BCUT2D eigenvalue weighted by Gasteiger charge is -2.15. The predicted molar refractivity (Wildman–Crippen MR) is 71.2 cm³/mol. The van der Waals surface area contributed by atoms with Crippen LogP contribution in [-0.4, -0.2) is 31.3 Å². The number of nitrogens with one attached hydrogen (secondary N) is 2. The van der Waals surface area contributed by atoms with Gasteiger partial charge in [-0.2, -0.15) is 0 Å². The first-order chi connectivity index (χ1) is 8.27. The molecule has 1 unspecified atom stereocenters. The average Bonchev–Trinajstić information content (AvgIpc) is 2.37. The van der Waals surface area contributed by atoms with E-state index in [9.17, 15) is 0 Å². The Balaban J connectivity index is 2.51. The van der Waals surface area contributed by atoms with Crippen molar-refractivity contribution in [2.75, 3.05) is 25.5 Å². The molecule has 0 saturated heterocycles. The van der Waals surface area contributed by atoms with Crippen molar-refractivity contribution in [3.63, 3.8) is 0 Å². The van der Waals surface area contributed by atoms with Crippen LogP contribution in [0, 0.1) is 0 Å². The van der Waals surface area contributed by atoms with Gasteiger partial charge in [-0.05, 0) is 31.5 Å². The highest BCUT2D eigenvalue weighted by Gasteiger charge is 2.03. The normalized spacial score (nSPS) is 12.4. The Hall–Kier alpha value is -1.13. The molecule has 0 aliphatic carbocycles. The molecule has 4 nitrogen and oxygen atoms in total. The third-order valence-corrected chi connectivity index (χ3v) is 2.64. The lowest BCUT2D eigenvalue weighted by Crippen LogP contribution is -2.20. The lowest BCUT2D eigenvalue weighted by molar-refractivity contribution is 0.129. The molecule has 0 aromatic carbocycles. The van der Waals surface area contributed by atoms with Gasteiger partial charge in [-0.1, -0.05) is 6.92 Å². The molecule has 0 aliphatic heterocycles. The van der Waals surface area contributed by atoms with E-state index in [1.807, 2.05) is 25.4 Å². The number of methoxy groups -OCH3 is 1. The van der Waals surface area contributed by atoms with Crippen molar-refractivity contribution in [2.45, 2.75) is 32.9 Å². The maximum atomic E-state index is 5.21. The summed E-state index contributed by atoms with van der Waals surface area (Å²) in [5.74, 6) is 0. The van der Waals surface area contributed by atoms with Crippen LogP contribution in [0.2, 0.25) is 0 Å². The quantitative estimate of drug-likeness (QED) is 0.679. The van der Waals surface area contributed by atoms with E-state index in [-0.39, 0.29) is 6.10 Å². The van der Waals surface area contributed by atoms with Crippen LogP contribution in [-0.2, 0) is 11.3 Å². The zero-order chi connectivity index (χ0) is 12.5. The van der Waals surface area contributed by atoms with Gasteiger partial charge in [-0.15, -0.1) is 0 Å². The number of hydrogen-bond acceptors (Lipinski definition) is 4. The molecule has 0 amide bonds. The number of hydrogen-bond donors (Lipinski definition) is 2. The molecule has 1 heterocycles. The van der Waals surface area contributed by atoms with Crippen LogP contribution < -0.4 is 10.6 Å². The Morgan fingerprint density at radius 1 is 1.47 bits per heavy atom. The molecule has 4 heteroatoms. The molecular weight excluding hydrogens is 214 g/mol. The van der Waals surface area contributed by atoms with Crippen LogP contribution in [0.3, 0.4) is 0 Å². The largest absolute Gasteiger partial charge is 0.381 e. The molecule has 0 spiro atoms. The van der Waals surface area contributed by atoms with Gasteiger partial charge in [-0.3, -0.25) is 4.98 Å². The summed E-state index contributed by atoms with van der Waals surface area (Å²) in [7, 11) is 1.72. The molecule has 17 heavy (non-hydrogen) atoms. The molecule has 0 fully saturated rings. The number of nitrogens with zero attached hydrogens (tertiary/aromatic N) is 1. The van der Waals surface area contributed by atoms with Crippen molar-refractivity contribution < 1.29 is 4.74 Å². The smallest absolute Gasteiger partial charge is 0.0715 e. The van der Waals surface area contributed by atoms with Crippen LogP contribution >= 0.6 is 0 Å². The molecule has 96 valence electrons. The minimum atomic E-state index is 0.201. The number of rotatable bonds is 8. The third-order valence-electron chi connectivity index (χ3n) is 2.64. The zero-order valence-corrected chi connectivity index (χ0v) is 11.0. The van der Waals surface area contributed by atoms with Crippen molar-refractivity contribution in [3.05, 3.63) is 24.0 Å². The lowest BCUT2D eigenvalue weighted by atomic mass is 10.2. The van der Waals surface area contributed by atoms with E-state index in [2.05, 4.69) is 22.5 Å². The summed E-state index contributed by atoms with van der Waals surface area (Å²) >= 11 is 0. The molecule has 0 aliphatic rings. The maximum absolute atomic E-state index is 5.21. The maximum Gasteiger partial charge on any atom is 0.0715 e. The van der Waals surface area contributed by atoms with Gasteiger partial charge in [0.15, 0.2) is 0 Å². The highest BCUT2D eigenvalue weighted by atomic mass is 16.5. The SMILES string of the molecule is CCCNCc1ccncc1NCC(C)OC. The van der Waals surface area contributed by atoms with E-state index in [0.717, 1.165) is 31.7 Å². The van der Waals surface area contributed by atoms with E-state index in [1.165, 1.54) is 5.56 Å². The van der Waals surface area contributed by atoms with Gasteiger partial charge in [0.05, 0.1) is 18.0 Å². The van der Waals surface area contributed by atoms with E-state index in [4.69, 9.17) is 4.74 Å². The van der Waals surface area contributed by atoms with Gasteiger partial charge in [0.25, 0.3) is 0 Å². The van der Waals surface area contributed by atoms with E-state index in [0.29, 0.717) is 0 Å². The number of pyridine rings is 1. The Morgan fingerprint density at radius 3 is 3.00 bits per heavy atom. The Kier molecular flexibility index (Phi) is 6.58. The summed E-state index contributed by atoms with van der Waals surface area (Å²) in [4.78, 5) is 4.15. The highest BCUT2D eigenvalue weighted by molar-refractivity contribution is 5.48. The molecule has 0 radical (unpaired) electrons. The second kappa shape index (κ2) is 8.03. The molecule has 1 aromatic rings. The first kappa shape index (κ1) is 13.9. The van der Waals surface area contributed by atoms with Gasteiger partial charge >= 0.3 is 0 Å². The number of ether oxygens (including phenoxy) is 1. The van der Waals surface area contributed by atoms with Crippen molar-refractivity contribution >= 4 is 5.69 Å². The predicted octanol–water partition coefficient (Wildman–Crippen LogP) is 2.03. The second-order valence-corrected chi connectivity index (χ2v) is 4.14. The van der Waals surface area contributed by atoms with Gasteiger partial charge in [0, 0.05) is 26.4 Å². The average molecular weight is 237 g/mol. The van der Waals surface area contributed by atoms with Gasteiger partial charge in [-0.25, -0.2) is 0 Å². The summed E-state index contributed by atoms with van der Waals surface area (Å²) in [5, 5.41) is 6.76. The number of anilines is 1. The van der Waals surface area contributed by atoms with Crippen molar-refractivity contribution in [1.82, 2.24) is 10.3 Å². The fraction of sp³-hybridized carbons (Fsp3) is 0.615. The van der Waals surface area contributed by atoms with Crippen molar-refractivity contribution in [1.29, 1.82) is 0 Å². The molecule has 1 atom stereocenters. The van der Waals surface area contributed by atoms with Crippen LogP contribution in [0.5, 0.6) is 0 Å². The fourth-order valence-electron chi connectivity index (χ4n) is 1.47. The Labute approximate surface area is 104 Å². The monoisotopic (exact) mass is 237 g/mol. The van der Waals surface area contributed by atoms with Gasteiger partial charge in [0.2, 0.25) is 0 Å². The summed E-state index contributed by atoms with van der Waals surface area (Å²) in [6, 6.07) is 2.04. The van der Waals surface area contributed by atoms with Crippen LogP contribution in [0.25, 0.3) is 0 Å². The van der Waals surface area contributed by atoms with Crippen molar-refractivity contribution in [2.24, 2.45) is 0 Å². The second-order valence-electron chi connectivity index (χ2n) is 4.14. The summed E-state index contributed by atoms with van der Waals surface area (Å²) in [5.41, 5.74) is 2.33. The third kappa shape index (κ3) is 5.15. The zero-order valence-electron chi connectivity index (χ0n) is 11.0. The summed E-state index contributed by atoms with van der Waals surface area (Å²) in [6.45, 7) is 6.91. The fourth-order valence-corrected chi connectivity index (χ4v) is 1.47. The standard InChI is InChI=1S/C13H23N3O/c1-4-6-14-9-12-5-7-15-10-13(12)16-8-11(2)17-3/h5,7,10-11,14,16H,4,6,8-9H2,1-3H3. The van der Waals surface area contributed by atoms with Crippen LogP contribution in [0.4, 0.5) is 5.69 Å². The molecule has 1 aromatic heterocycles. The summed E-state index contributed by atoms with van der Waals surface area (Å²) < 4.78 is 5.21. The van der Waals surface area contributed by atoms with E-state index < -0.39 is 0 Å². The highest BCUT2D eigenvalue weighted by Crippen LogP contribution is 2.13. The number of aromatic nitrogens is 1. The summed E-state index contributed by atoms with van der Waals surface area (Å²) in [6.07, 6.45) is 5.04. The van der Waals surface area contributed by atoms with E-state index in [1.54, 1.807) is 7.11 Å². The molecule has 1 rings (SSSR count). The first-order valence-electron chi connectivity index (χ1n) is 6.18. The van der Waals surface area contributed by atoms with Crippen molar-refractivity contribution in [3.8, 4) is 0 Å². The van der Waals surface area contributed by atoms with Gasteiger partial charge in [0.1, 0.15) is 0 Å². The van der Waals surface area contributed by atoms with E-state index >= 15 is 0 Å². The van der Waals surface area contributed by atoms with Crippen LogP contribution in [0.15, 0.2) is 18.5 Å². The minimum absolute atomic E-state index is 0.201.